The first-order valence-corrected chi connectivity index (χ1v) is 11.3. The normalized spacial score (nSPS) is 15.1. The molecule has 1 N–H and O–H groups in total. The summed E-state index contributed by atoms with van der Waals surface area (Å²) in [4.78, 5) is 14.2. The summed E-state index contributed by atoms with van der Waals surface area (Å²) in [5.41, 5.74) is 0. The quantitative estimate of drug-likeness (QED) is 0.675. The van der Waals surface area contributed by atoms with E-state index in [0.717, 1.165) is 0 Å². The van der Waals surface area contributed by atoms with Gasteiger partial charge < -0.3 is 15.0 Å². The molecule has 29 heavy (non-hydrogen) atoms. The molecule has 1 aliphatic rings. The largest absolute Gasteiger partial charge is 0.492 e. The fourth-order valence-corrected chi connectivity index (χ4v) is 4.63. The number of sulfonamides is 1. The highest BCUT2D eigenvalue weighted by Crippen LogP contribution is 2.23. The van der Waals surface area contributed by atoms with Crippen LogP contribution in [0.3, 0.4) is 0 Å². The minimum Gasteiger partial charge on any atom is -0.492 e. The highest BCUT2D eigenvalue weighted by molar-refractivity contribution is 7.89. The average Bonchev–Trinajstić information content (AvgIpc) is 2.75. The lowest BCUT2D eigenvalue weighted by molar-refractivity contribution is 0.171. The molecule has 1 heterocycles. The lowest BCUT2D eigenvalue weighted by Gasteiger charge is -2.34. The third-order valence-corrected chi connectivity index (χ3v) is 6.82. The second-order valence-electron chi connectivity index (χ2n) is 6.57. The van der Waals surface area contributed by atoms with Crippen LogP contribution in [-0.4, -0.2) is 63.0 Å². The van der Waals surface area contributed by atoms with Crippen molar-refractivity contribution >= 4 is 27.7 Å². The number of nitrogens with one attached hydrogen (secondary N) is 1. The Kier molecular flexibility index (Phi) is 7.35. The molecular weight excluding hydrogens is 414 g/mol. The number of nitrogens with zero attached hydrogens (tertiary/aromatic N) is 2. The summed E-state index contributed by atoms with van der Waals surface area (Å²) in [5, 5.41) is 3.40. The molecule has 0 aliphatic carbocycles. The topological polar surface area (TPSA) is 79.0 Å². The van der Waals surface area contributed by atoms with Crippen LogP contribution in [0.2, 0.25) is 5.02 Å². The molecule has 1 aliphatic heterocycles. The van der Waals surface area contributed by atoms with E-state index in [2.05, 4.69) is 5.32 Å². The van der Waals surface area contributed by atoms with Gasteiger partial charge in [0.2, 0.25) is 10.0 Å². The van der Waals surface area contributed by atoms with E-state index in [9.17, 15) is 13.2 Å². The fraction of sp³-hybridized carbons (Fsp3) is 0.350. The highest BCUT2D eigenvalue weighted by atomic mass is 35.5. The van der Waals surface area contributed by atoms with Crippen molar-refractivity contribution in [2.45, 2.75) is 11.3 Å². The van der Waals surface area contributed by atoms with E-state index < -0.39 is 10.0 Å². The van der Waals surface area contributed by atoms with Crippen LogP contribution < -0.4 is 10.1 Å². The zero-order chi connectivity index (χ0) is 20.7. The molecule has 3 rings (SSSR count). The molecule has 0 spiro atoms. The molecule has 0 aromatic heterocycles. The molecule has 0 radical (unpaired) electrons. The molecule has 0 unspecified atom stereocenters. The predicted octanol–water partition coefficient (Wildman–Crippen LogP) is 2.83. The Labute approximate surface area is 176 Å². The first kappa shape index (κ1) is 21.4. The summed E-state index contributed by atoms with van der Waals surface area (Å²) < 4.78 is 32.3. The second-order valence-corrected chi connectivity index (χ2v) is 8.91. The van der Waals surface area contributed by atoms with Crippen LogP contribution in [0.25, 0.3) is 0 Å². The Balaban J connectivity index is 1.38. The van der Waals surface area contributed by atoms with Gasteiger partial charge >= 0.3 is 6.03 Å². The van der Waals surface area contributed by atoms with E-state index in [4.69, 9.17) is 16.3 Å². The Morgan fingerprint density at radius 1 is 1.00 bits per heavy atom. The van der Waals surface area contributed by atoms with Crippen molar-refractivity contribution in [2.24, 2.45) is 0 Å². The van der Waals surface area contributed by atoms with Gasteiger partial charge in [-0.15, -0.1) is 0 Å². The van der Waals surface area contributed by atoms with Crippen LogP contribution in [0.1, 0.15) is 6.42 Å². The number of carbonyl (C=O) groups excluding carboxylic acids is 1. The van der Waals surface area contributed by atoms with Gasteiger partial charge in [0.1, 0.15) is 5.75 Å². The van der Waals surface area contributed by atoms with Gasteiger partial charge in [-0.3, -0.25) is 0 Å². The third kappa shape index (κ3) is 5.62. The average molecular weight is 438 g/mol. The van der Waals surface area contributed by atoms with Gasteiger partial charge in [0, 0.05) is 32.7 Å². The standard InChI is InChI=1S/C20H24ClN3O4S/c21-18-9-4-5-10-19(18)28-16-6-11-22-20(25)23-12-14-24(15-13-23)29(26,27)17-7-2-1-3-8-17/h1-5,7-10H,6,11-16H2,(H,22,25). The molecule has 0 bridgehead atoms. The summed E-state index contributed by atoms with van der Waals surface area (Å²) >= 11 is 6.02. The van der Waals surface area contributed by atoms with Gasteiger partial charge in [0.15, 0.2) is 0 Å². The summed E-state index contributed by atoms with van der Waals surface area (Å²) in [6.45, 7) is 2.17. The predicted molar refractivity (Wildman–Crippen MR) is 112 cm³/mol. The summed E-state index contributed by atoms with van der Waals surface area (Å²) in [6, 6.07) is 15.4. The second kappa shape index (κ2) is 9.96. The molecule has 0 atom stereocenters. The van der Waals surface area contributed by atoms with E-state index >= 15 is 0 Å². The van der Waals surface area contributed by atoms with Crippen molar-refractivity contribution in [1.29, 1.82) is 0 Å². The molecule has 2 aromatic rings. The summed E-state index contributed by atoms with van der Waals surface area (Å²) in [7, 11) is -3.52. The number of amides is 2. The molecular formula is C20H24ClN3O4S. The number of urea groups is 1. The van der Waals surface area contributed by atoms with Gasteiger partial charge in [-0.25, -0.2) is 13.2 Å². The van der Waals surface area contributed by atoms with Crippen molar-refractivity contribution in [3.8, 4) is 5.75 Å². The number of para-hydroxylation sites is 1. The molecule has 1 fully saturated rings. The minimum atomic E-state index is -3.52. The monoisotopic (exact) mass is 437 g/mol. The number of carbonyl (C=O) groups is 1. The van der Waals surface area contributed by atoms with Crippen molar-refractivity contribution in [1.82, 2.24) is 14.5 Å². The van der Waals surface area contributed by atoms with Crippen LogP contribution in [-0.2, 0) is 10.0 Å². The number of ether oxygens (including phenoxy) is 1. The maximum Gasteiger partial charge on any atom is 0.317 e. The van der Waals surface area contributed by atoms with Crippen LogP contribution in [0.5, 0.6) is 5.75 Å². The number of rotatable bonds is 7. The lowest BCUT2D eigenvalue weighted by atomic mass is 10.3. The molecule has 7 nitrogen and oxygen atoms in total. The lowest BCUT2D eigenvalue weighted by Crippen LogP contribution is -2.53. The van der Waals surface area contributed by atoms with Gasteiger partial charge in [0.25, 0.3) is 0 Å². The Hall–Kier alpha value is -2.29. The van der Waals surface area contributed by atoms with Crippen molar-refractivity contribution < 1.29 is 17.9 Å². The molecule has 2 amide bonds. The number of halogens is 1. The maximum absolute atomic E-state index is 12.6. The van der Waals surface area contributed by atoms with Gasteiger partial charge in [0.05, 0.1) is 16.5 Å². The summed E-state index contributed by atoms with van der Waals surface area (Å²) in [5.74, 6) is 0.622. The maximum atomic E-state index is 12.6. The smallest absolute Gasteiger partial charge is 0.317 e. The highest BCUT2D eigenvalue weighted by Gasteiger charge is 2.29. The van der Waals surface area contributed by atoms with Crippen LogP contribution in [0, 0.1) is 0 Å². The first-order chi connectivity index (χ1) is 14.0. The molecule has 2 aromatic carbocycles. The van der Waals surface area contributed by atoms with Crippen molar-refractivity contribution in [2.75, 3.05) is 39.3 Å². The number of hydrogen-bond acceptors (Lipinski definition) is 4. The van der Waals surface area contributed by atoms with E-state index in [0.29, 0.717) is 43.4 Å². The van der Waals surface area contributed by atoms with Crippen LogP contribution in [0.4, 0.5) is 4.79 Å². The van der Waals surface area contributed by atoms with Gasteiger partial charge in [-0.05, 0) is 30.7 Å². The SMILES string of the molecule is O=C(NCCCOc1ccccc1Cl)N1CCN(S(=O)(=O)c2ccccc2)CC1. The van der Waals surface area contributed by atoms with E-state index in [1.807, 2.05) is 12.1 Å². The van der Waals surface area contributed by atoms with Gasteiger partial charge in [-0.1, -0.05) is 41.9 Å². The molecule has 156 valence electrons. The van der Waals surface area contributed by atoms with Crippen LogP contribution in [0.15, 0.2) is 59.5 Å². The molecule has 0 saturated carbocycles. The zero-order valence-corrected chi connectivity index (χ0v) is 17.5. The number of benzene rings is 2. The molecule has 9 heteroatoms. The third-order valence-electron chi connectivity index (χ3n) is 4.60. The first-order valence-electron chi connectivity index (χ1n) is 9.44. The Bertz CT molecular complexity index is 916. The van der Waals surface area contributed by atoms with E-state index in [-0.39, 0.29) is 24.0 Å². The number of hydrogen-bond donors (Lipinski definition) is 1. The number of piperazine rings is 1. The van der Waals surface area contributed by atoms with Gasteiger partial charge in [-0.2, -0.15) is 4.31 Å². The van der Waals surface area contributed by atoms with Crippen molar-refractivity contribution in [3.05, 3.63) is 59.6 Å². The van der Waals surface area contributed by atoms with E-state index in [1.165, 1.54) is 4.31 Å². The molecule has 1 saturated heterocycles. The fourth-order valence-electron chi connectivity index (χ4n) is 3.00. The van der Waals surface area contributed by atoms with E-state index in [1.54, 1.807) is 47.4 Å². The minimum absolute atomic E-state index is 0.195. The van der Waals surface area contributed by atoms with Crippen molar-refractivity contribution in [3.63, 3.8) is 0 Å². The Morgan fingerprint density at radius 3 is 2.34 bits per heavy atom. The zero-order valence-electron chi connectivity index (χ0n) is 16.0. The summed E-state index contributed by atoms with van der Waals surface area (Å²) in [6.07, 6.45) is 0.638. The van der Waals surface area contributed by atoms with Crippen LogP contribution >= 0.6 is 11.6 Å². The Morgan fingerprint density at radius 2 is 1.66 bits per heavy atom.